The molecule has 2 aromatic rings. The Morgan fingerprint density at radius 1 is 1.09 bits per heavy atom. The van der Waals surface area contributed by atoms with Gasteiger partial charge in [0.1, 0.15) is 10.6 Å². The maximum Gasteiger partial charge on any atom is 0.331 e. The zero-order valence-corrected chi connectivity index (χ0v) is 19.3. The molecule has 2 aromatic carbocycles. The van der Waals surface area contributed by atoms with Crippen LogP contribution in [0.5, 0.6) is 5.75 Å². The van der Waals surface area contributed by atoms with Crippen molar-refractivity contribution in [3.63, 3.8) is 0 Å². The monoisotopic (exact) mass is 495 g/mol. The lowest BCUT2D eigenvalue weighted by Gasteiger charge is -2.26. The van der Waals surface area contributed by atoms with Gasteiger partial charge in [0.15, 0.2) is 17.7 Å². The quantitative estimate of drug-likeness (QED) is 0.316. The fraction of sp³-hybridized carbons (Fsp3) is 0.304. The van der Waals surface area contributed by atoms with Crippen molar-refractivity contribution in [2.75, 3.05) is 33.4 Å². The number of Topliss-reactive ketones (excluding diaryl/α,β-unsaturated/α-hetero) is 1. The van der Waals surface area contributed by atoms with Gasteiger partial charge in [0.25, 0.3) is 0 Å². The van der Waals surface area contributed by atoms with E-state index in [4.69, 9.17) is 14.2 Å². The molecular formula is C23H23F2NO7S. The number of benzene rings is 2. The van der Waals surface area contributed by atoms with Gasteiger partial charge in [-0.1, -0.05) is 6.07 Å². The number of sulfonamides is 1. The molecule has 1 aliphatic rings. The molecule has 11 heteroatoms. The van der Waals surface area contributed by atoms with E-state index in [-0.39, 0.29) is 42.5 Å². The van der Waals surface area contributed by atoms with Crippen molar-refractivity contribution in [2.24, 2.45) is 0 Å². The SMILES string of the molecule is COc1ccc(/C=C/C(=O)OC(C)C(=O)c2ccc(F)c(F)c2)cc1S(=O)(=O)N1CCOCC1. The Morgan fingerprint density at radius 3 is 2.44 bits per heavy atom. The number of hydrogen-bond acceptors (Lipinski definition) is 7. The van der Waals surface area contributed by atoms with Gasteiger partial charge in [-0.3, -0.25) is 4.79 Å². The number of rotatable bonds is 8. The van der Waals surface area contributed by atoms with Crippen molar-refractivity contribution in [1.82, 2.24) is 4.31 Å². The van der Waals surface area contributed by atoms with Crippen LogP contribution >= 0.6 is 0 Å². The van der Waals surface area contributed by atoms with Crippen LogP contribution in [0.15, 0.2) is 47.4 Å². The highest BCUT2D eigenvalue weighted by atomic mass is 32.2. The van der Waals surface area contributed by atoms with Gasteiger partial charge in [-0.2, -0.15) is 4.31 Å². The Labute approximate surface area is 195 Å². The average molecular weight is 496 g/mol. The summed E-state index contributed by atoms with van der Waals surface area (Å²) in [5, 5.41) is 0. The molecule has 0 spiro atoms. The lowest BCUT2D eigenvalue weighted by molar-refractivity contribution is -0.140. The number of carbonyl (C=O) groups is 2. The van der Waals surface area contributed by atoms with E-state index in [1.165, 1.54) is 36.5 Å². The predicted molar refractivity (Wildman–Crippen MR) is 118 cm³/mol. The molecular weight excluding hydrogens is 472 g/mol. The van der Waals surface area contributed by atoms with Crippen molar-refractivity contribution < 1.29 is 41.0 Å². The van der Waals surface area contributed by atoms with Gasteiger partial charge in [-0.15, -0.1) is 0 Å². The Hall–Kier alpha value is -3.15. The topological polar surface area (TPSA) is 99.2 Å². The summed E-state index contributed by atoms with van der Waals surface area (Å²) < 4.78 is 69.2. The Kier molecular flexibility index (Phi) is 8.13. The van der Waals surface area contributed by atoms with E-state index < -0.39 is 39.5 Å². The molecule has 0 aliphatic carbocycles. The number of halogens is 2. The fourth-order valence-electron chi connectivity index (χ4n) is 3.24. The van der Waals surface area contributed by atoms with Crippen LogP contribution < -0.4 is 4.74 Å². The zero-order chi connectivity index (χ0) is 24.9. The van der Waals surface area contributed by atoms with Crippen LogP contribution in [0.4, 0.5) is 8.78 Å². The number of nitrogens with zero attached hydrogens (tertiary/aromatic N) is 1. The molecule has 0 amide bonds. The molecule has 0 aromatic heterocycles. The molecule has 0 N–H and O–H groups in total. The smallest absolute Gasteiger partial charge is 0.331 e. The van der Waals surface area contributed by atoms with Crippen molar-refractivity contribution in [2.45, 2.75) is 17.9 Å². The van der Waals surface area contributed by atoms with Crippen LogP contribution in [-0.4, -0.2) is 64.0 Å². The summed E-state index contributed by atoms with van der Waals surface area (Å²) in [4.78, 5) is 24.4. The molecule has 34 heavy (non-hydrogen) atoms. The van der Waals surface area contributed by atoms with E-state index in [9.17, 15) is 26.8 Å². The molecule has 1 saturated heterocycles. The first-order chi connectivity index (χ1) is 16.1. The van der Waals surface area contributed by atoms with Crippen LogP contribution in [0.3, 0.4) is 0 Å². The van der Waals surface area contributed by atoms with Gasteiger partial charge >= 0.3 is 5.97 Å². The molecule has 3 rings (SSSR count). The summed E-state index contributed by atoms with van der Waals surface area (Å²) in [6.45, 7) is 2.29. The normalized spacial score (nSPS) is 15.8. The first-order valence-electron chi connectivity index (χ1n) is 10.3. The molecule has 8 nitrogen and oxygen atoms in total. The van der Waals surface area contributed by atoms with E-state index in [0.29, 0.717) is 5.56 Å². The highest BCUT2D eigenvalue weighted by Crippen LogP contribution is 2.29. The van der Waals surface area contributed by atoms with Crippen molar-refractivity contribution in [3.05, 3.63) is 65.2 Å². The molecule has 1 heterocycles. The second-order valence-corrected chi connectivity index (χ2v) is 9.24. The molecule has 0 bridgehead atoms. The van der Waals surface area contributed by atoms with E-state index >= 15 is 0 Å². The summed E-state index contributed by atoms with van der Waals surface area (Å²) in [6, 6.07) is 7.01. The molecule has 1 aliphatic heterocycles. The Balaban J connectivity index is 1.73. The predicted octanol–water partition coefficient (Wildman–Crippen LogP) is 2.82. The van der Waals surface area contributed by atoms with E-state index in [1.54, 1.807) is 6.07 Å². The highest BCUT2D eigenvalue weighted by Gasteiger charge is 2.29. The minimum Gasteiger partial charge on any atom is -0.495 e. The van der Waals surface area contributed by atoms with E-state index in [2.05, 4.69) is 0 Å². The minimum absolute atomic E-state index is 0.0608. The van der Waals surface area contributed by atoms with Crippen molar-refractivity contribution in [1.29, 1.82) is 0 Å². The second kappa shape index (κ2) is 10.9. The molecule has 182 valence electrons. The average Bonchev–Trinajstić information content (AvgIpc) is 2.84. The number of ketones is 1. The third kappa shape index (κ3) is 5.85. The van der Waals surface area contributed by atoms with Crippen molar-refractivity contribution in [3.8, 4) is 5.75 Å². The fourth-order valence-corrected chi connectivity index (χ4v) is 4.84. The molecule has 1 unspecified atom stereocenters. The van der Waals surface area contributed by atoms with Gasteiger partial charge in [-0.25, -0.2) is 22.0 Å². The number of carbonyl (C=O) groups excluding carboxylic acids is 2. The maximum absolute atomic E-state index is 13.4. The first kappa shape index (κ1) is 25.5. The van der Waals surface area contributed by atoms with Gasteiger partial charge in [-0.05, 0) is 48.9 Å². The highest BCUT2D eigenvalue weighted by molar-refractivity contribution is 7.89. The van der Waals surface area contributed by atoms with Crippen LogP contribution in [0.1, 0.15) is 22.8 Å². The van der Waals surface area contributed by atoms with Crippen molar-refractivity contribution >= 4 is 27.9 Å². The van der Waals surface area contributed by atoms with Gasteiger partial charge in [0.2, 0.25) is 15.8 Å². The standard InChI is InChI=1S/C23H23F2NO7S/c1-15(23(28)17-5-6-18(24)19(25)14-17)33-22(27)8-4-16-3-7-20(31-2)21(13-16)34(29,30)26-9-11-32-12-10-26/h3-8,13-15H,9-12H2,1-2H3/b8-4+. The summed E-state index contributed by atoms with van der Waals surface area (Å²) in [6.07, 6.45) is 1.10. The third-order valence-corrected chi connectivity index (χ3v) is 6.97. The zero-order valence-electron chi connectivity index (χ0n) is 18.5. The molecule has 0 radical (unpaired) electrons. The van der Waals surface area contributed by atoms with Crippen LogP contribution in [0.2, 0.25) is 0 Å². The van der Waals surface area contributed by atoms with Gasteiger partial charge in [0, 0.05) is 24.7 Å². The molecule has 1 atom stereocenters. The largest absolute Gasteiger partial charge is 0.495 e. The van der Waals surface area contributed by atoms with Crippen LogP contribution in [0, 0.1) is 11.6 Å². The number of esters is 1. The molecule has 1 fully saturated rings. The lowest BCUT2D eigenvalue weighted by Crippen LogP contribution is -2.40. The summed E-state index contributed by atoms with van der Waals surface area (Å²) in [7, 11) is -2.50. The van der Waals surface area contributed by atoms with E-state index in [0.717, 1.165) is 24.3 Å². The Bertz CT molecular complexity index is 1210. The summed E-state index contributed by atoms with van der Waals surface area (Å²) >= 11 is 0. The lowest BCUT2D eigenvalue weighted by atomic mass is 10.1. The summed E-state index contributed by atoms with van der Waals surface area (Å²) in [5.41, 5.74) is 0.237. The first-order valence-corrected chi connectivity index (χ1v) is 11.7. The number of ether oxygens (including phenoxy) is 3. The van der Waals surface area contributed by atoms with Crippen LogP contribution in [0.25, 0.3) is 6.08 Å². The maximum atomic E-state index is 13.4. The van der Waals surface area contributed by atoms with E-state index in [1.807, 2.05) is 0 Å². The third-order valence-electron chi connectivity index (χ3n) is 5.05. The number of hydrogen-bond donors (Lipinski definition) is 0. The Morgan fingerprint density at radius 2 is 1.79 bits per heavy atom. The van der Waals surface area contributed by atoms with Gasteiger partial charge < -0.3 is 14.2 Å². The minimum atomic E-state index is -3.86. The number of methoxy groups -OCH3 is 1. The number of morpholine rings is 1. The van der Waals surface area contributed by atoms with Crippen LogP contribution in [-0.2, 0) is 24.3 Å². The summed E-state index contributed by atoms with van der Waals surface area (Å²) in [5.74, 6) is -3.72. The second-order valence-electron chi connectivity index (χ2n) is 7.33. The van der Waals surface area contributed by atoms with Gasteiger partial charge in [0.05, 0.1) is 20.3 Å². The molecule has 0 saturated carbocycles.